The summed E-state index contributed by atoms with van der Waals surface area (Å²) in [5, 5.41) is 9.84. The van der Waals surface area contributed by atoms with Crippen LogP contribution in [0, 0.1) is 13.8 Å². The number of benzene rings is 2. The number of nitrogens with zero attached hydrogens (tertiary/aromatic N) is 3. The van der Waals surface area contributed by atoms with Crippen LogP contribution in [0.3, 0.4) is 0 Å². The predicted octanol–water partition coefficient (Wildman–Crippen LogP) is 4.77. The molecule has 0 saturated carbocycles. The molecule has 0 aliphatic carbocycles. The van der Waals surface area contributed by atoms with Gasteiger partial charge in [-0.2, -0.15) is 0 Å². The third-order valence-electron chi connectivity index (χ3n) is 4.93. The van der Waals surface area contributed by atoms with Gasteiger partial charge < -0.3 is 4.42 Å². The van der Waals surface area contributed by atoms with Gasteiger partial charge in [0.15, 0.2) is 5.43 Å². The molecule has 144 valence electrons. The zero-order chi connectivity index (χ0) is 20.3. The maximum absolute atomic E-state index is 13.5. The molecule has 3 heterocycles. The number of hydrogen-bond acceptors (Lipinski definition) is 6. The van der Waals surface area contributed by atoms with Gasteiger partial charge in [-0.3, -0.25) is 14.5 Å². The van der Waals surface area contributed by atoms with E-state index in [-0.39, 0.29) is 17.1 Å². The van der Waals surface area contributed by atoms with Crippen LogP contribution in [0.2, 0.25) is 0 Å². The molecule has 0 saturated heterocycles. The van der Waals surface area contributed by atoms with E-state index < -0.39 is 6.04 Å². The number of anilines is 1. The van der Waals surface area contributed by atoms with E-state index in [4.69, 9.17) is 4.42 Å². The first-order chi connectivity index (χ1) is 13.9. The number of carbonyl (C=O) groups excluding carboxylic acids is 1. The van der Waals surface area contributed by atoms with E-state index in [0.29, 0.717) is 21.7 Å². The van der Waals surface area contributed by atoms with E-state index in [9.17, 15) is 9.59 Å². The lowest BCUT2D eigenvalue weighted by molar-refractivity contribution is 0.0970. The van der Waals surface area contributed by atoms with Crippen molar-refractivity contribution in [3.8, 4) is 0 Å². The SMILES string of the molecule is Cc1ccc2oc3c(c(=O)c2c1)[C@H](c1ccc(Br)cc1)N(c1nnc(C)s1)C3=O. The highest BCUT2D eigenvalue weighted by Gasteiger charge is 2.45. The maximum Gasteiger partial charge on any atom is 0.297 e. The average Bonchev–Trinajstić information content (AvgIpc) is 3.25. The van der Waals surface area contributed by atoms with Crippen LogP contribution < -0.4 is 10.3 Å². The molecule has 2 aromatic carbocycles. The van der Waals surface area contributed by atoms with Crippen molar-refractivity contribution in [1.82, 2.24) is 10.2 Å². The van der Waals surface area contributed by atoms with Crippen LogP contribution in [-0.2, 0) is 0 Å². The fourth-order valence-corrected chi connectivity index (χ4v) is 4.61. The van der Waals surface area contributed by atoms with Crippen LogP contribution in [0.5, 0.6) is 0 Å². The first kappa shape index (κ1) is 18.2. The Balaban J connectivity index is 1.83. The smallest absolute Gasteiger partial charge is 0.297 e. The van der Waals surface area contributed by atoms with Gasteiger partial charge in [-0.05, 0) is 43.7 Å². The summed E-state index contributed by atoms with van der Waals surface area (Å²) in [5.74, 6) is -0.323. The lowest BCUT2D eigenvalue weighted by Crippen LogP contribution is -2.29. The second-order valence-corrected chi connectivity index (χ2v) is 8.98. The largest absolute Gasteiger partial charge is 0.450 e. The quantitative estimate of drug-likeness (QED) is 0.424. The monoisotopic (exact) mass is 467 g/mol. The van der Waals surface area contributed by atoms with Gasteiger partial charge in [0, 0.05) is 4.47 Å². The van der Waals surface area contributed by atoms with Gasteiger partial charge in [0.2, 0.25) is 10.9 Å². The van der Waals surface area contributed by atoms with E-state index in [1.807, 2.05) is 44.2 Å². The molecule has 0 bridgehead atoms. The summed E-state index contributed by atoms with van der Waals surface area (Å²) in [6, 6.07) is 12.3. The topological polar surface area (TPSA) is 76.3 Å². The number of aromatic nitrogens is 2. The molecule has 1 atom stereocenters. The van der Waals surface area contributed by atoms with E-state index >= 15 is 0 Å². The van der Waals surface area contributed by atoms with Crippen molar-refractivity contribution in [3.05, 3.63) is 84.6 Å². The Morgan fingerprint density at radius 3 is 2.52 bits per heavy atom. The number of fused-ring (bicyclic) bond motifs is 2. The second-order valence-electron chi connectivity index (χ2n) is 6.91. The summed E-state index contributed by atoms with van der Waals surface area (Å²) in [7, 11) is 0. The van der Waals surface area contributed by atoms with Gasteiger partial charge in [0.1, 0.15) is 10.6 Å². The van der Waals surface area contributed by atoms with Crippen LogP contribution in [0.1, 0.15) is 38.3 Å². The predicted molar refractivity (Wildman–Crippen MR) is 115 cm³/mol. The highest BCUT2D eigenvalue weighted by molar-refractivity contribution is 9.10. The minimum absolute atomic E-state index is 0.0622. The molecule has 0 unspecified atom stereocenters. The number of hydrogen-bond donors (Lipinski definition) is 0. The molecule has 29 heavy (non-hydrogen) atoms. The first-order valence-electron chi connectivity index (χ1n) is 8.90. The first-order valence-corrected chi connectivity index (χ1v) is 10.5. The normalized spacial score (nSPS) is 15.9. The molecule has 6 nitrogen and oxygen atoms in total. The van der Waals surface area contributed by atoms with Crippen molar-refractivity contribution < 1.29 is 9.21 Å². The fourth-order valence-electron chi connectivity index (χ4n) is 3.63. The molecular weight excluding hydrogens is 454 g/mol. The Morgan fingerprint density at radius 2 is 1.83 bits per heavy atom. The lowest BCUT2D eigenvalue weighted by atomic mass is 9.98. The molecule has 1 aliphatic rings. The highest BCUT2D eigenvalue weighted by Crippen LogP contribution is 2.42. The van der Waals surface area contributed by atoms with Crippen LogP contribution >= 0.6 is 27.3 Å². The maximum atomic E-state index is 13.5. The van der Waals surface area contributed by atoms with Gasteiger partial charge in [-0.15, -0.1) is 10.2 Å². The summed E-state index contributed by atoms with van der Waals surface area (Å²) in [4.78, 5) is 28.3. The van der Waals surface area contributed by atoms with E-state index in [1.54, 1.807) is 12.1 Å². The van der Waals surface area contributed by atoms with Crippen molar-refractivity contribution in [3.63, 3.8) is 0 Å². The number of carbonyl (C=O) groups is 1. The number of amides is 1. The standard InChI is InChI=1S/C21H14BrN3O3S/c1-10-3-8-15-14(9-10)18(26)16-17(12-4-6-13(22)7-5-12)25(20(27)19(16)28-15)21-24-23-11(2)29-21/h3-9,17H,1-2H3/t17-/m0/s1. The Labute approximate surface area is 177 Å². The summed E-state index contributed by atoms with van der Waals surface area (Å²) in [6.45, 7) is 3.74. The molecular formula is C21H14BrN3O3S. The van der Waals surface area contributed by atoms with Crippen molar-refractivity contribution >= 4 is 49.3 Å². The third kappa shape index (κ3) is 2.82. The molecule has 0 radical (unpaired) electrons. The van der Waals surface area contributed by atoms with Crippen molar-refractivity contribution in [1.29, 1.82) is 0 Å². The molecule has 0 fully saturated rings. The Morgan fingerprint density at radius 1 is 1.07 bits per heavy atom. The molecule has 5 rings (SSSR count). The van der Waals surface area contributed by atoms with Crippen molar-refractivity contribution in [2.45, 2.75) is 19.9 Å². The Bertz CT molecular complexity index is 1340. The van der Waals surface area contributed by atoms with Crippen molar-refractivity contribution in [2.24, 2.45) is 0 Å². The lowest BCUT2D eigenvalue weighted by Gasteiger charge is -2.22. The molecule has 4 aromatic rings. The van der Waals surface area contributed by atoms with Crippen LogP contribution in [0.4, 0.5) is 5.13 Å². The van der Waals surface area contributed by atoms with Gasteiger partial charge in [0.25, 0.3) is 5.91 Å². The number of halogens is 1. The minimum atomic E-state index is -0.626. The van der Waals surface area contributed by atoms with Crippen LogP contribution in [-0.4, -0.2) is 16.1 Å². The summed E-state index contributed by atoms with van der Waals surface area (Å²) < 4.78 is 6.85. The Kier molecular flexibility index (Phi) is 4.15. The molecule has 0 spiro atoms. The van der Waals surface area contributed by atoms with E-state index in [1.165, 1.54) is 16.2 Å². The highest BCUT2D eigenvalue weighted by atomic mass is 79.9. The van der Waals surface area contributed by atoms with Crippen LogP contribution in [0.15, 0.2) is 56.1 Å². The second kappa shape index (κ2) is 6.60. The number of rotatable bonds is 2. The molecule has 8 heteroatoms. The van der Waals surface area contributed by atoms with E-state index in [2.05, 4.69) is 26.1 Å². The van der Waals surface area contributed by atoms with Crippen molar-refractivity contribution in [2.75, 3.05) is 4.90 Å². The van der Waals surface area contributed by atoms with Crippen LogP contribution in [0.25, 0.3) is 11.0 Å². The Hall–Kier alpha value is -2.84. The van der Waals surface area contributed by atoms with Gasteiger partial charge in [-0.1, -0.05) is 51.0 Å². The van der Waals surface area contributed by atoms with E-state index in [0.717, 1.165) is 20.6 Å². The molecule has 0 N–H and O–H groups in total. The summed E-state index contributed by atoms with van der Waals surface area (Å²) >= 11 is 4.74. The van der Waals surface area contributed by atoms with Gasteiger partial charge >= 0.3 is 0 Å². The molecule has 1 amide bonds. The fraction of sp³-hybridized carbons (Fsp3) is 0.143. The summed E-state index contributed by atoms with van der Waals surface area (Å²) in [5.41, 5.74) is 2.29. The molecule has 2 aromatic heterocycles. The van der Waals surface area contributed by atoms with Gasteiger partial charge in [0.05, 0.1) is 17.0 Å². The number of aryl methyl sites for hydroxylation is 2. The zero-order valence-corrected chi connectivity index (χ0v) is 17.9. The molecule has 1 aliphatic heterocycles. The zero-order valence-electron chi connectivity index (χ0n) is 15.5. The minimum Gasteiger partial charge on any atom is -0.450 e. The van der Waals surface area contributed by atoms with Gasteiger partial charge in [-0.25, -0.2) is 0 Å². The summed E-state index contributed by atoms with van der Waals surface area (Å²) in [6.07, 6.45) is 0. The third-order valence-corrected chi connectivity index (χ3v) is 6.30. The average molecular weight is 468 g/mol.